The van der Waals surface area contributed by atoms with Gasteiger partial charge in [-0.15, -0.1) is 0 Å². The first-order chi connectivity index (χ1) is 11.5. The summed E-state index contributed by atoms with van der Waals surface area (Å²) in [5.41, 5.74) is 3.48. The van der Waals surface area contributed by atoms with Crippen LogP contribution in [0.5, 0.6) is 17.2 Å². The van der Waals surface area contributed by atoms with Gasteiger partial charge in [0.15, 0.2) is 0 Å². The molecule has 0 amide bonds. The number of methoxy groups -OCH3 is 2. The Labute approximate surface area is 151 Å². The largest absolute Gasteiger partial charge is 0.507 e. The van der Waals surface area contributed by atoms with Crippen LogP contribution in [0.15, 0.2) is 30.3 Å². The molecule has 0 radical (unpaired) electrons. The molecule has 0 aromatic heterocycles. The SMILES string of the molecule is COc1cc(-c2cc(OC)cc(C(C)(C)C)c2O)cc(C(C)(C)C)c1. The van der Waals surface area contributed by atoms with Gasteiger partial charge in [0.2, 0.25) is 0 Å². The molecule has 0 saturated heterocycles. The maximum absolute atomic E-state index is 11.0. The van der Waals surface area contributed by atoms with Crippen molar-refractivity contribution in [2.75, 3.05) is 14.2 Å². The highest BCUT2D eigenvalue weighted by molar-refractivity contribution is 5.76. The van der Waals surface area contributed by atoms with Gasteiger partial charge in [0.05, 0.1) is 14.2 Å². The summed E-state index contributed by atoms with van der Waals surface area (Å²) in [7, 11) is 3.31. The quantitative estimate of drug-likeness (QED) is 0.781. The number of rotatable bonds is 3. The van der Waals surface area contributed by atoms with Crippen LogP contribution in [0, 0.1) is 0 Å². The highest BCUT2D eigenvalue weighted by Gasteiger charge is 2.24. The predicted octanol–water partition coefficient (Wildman–Crippen LogP) is 5.67. The number of phenols is 1. The molecule has 3 nitrogen and oxygen atoms in total. The fourth-order valence-electron chi connectivity index (χ4n) is 2.82. The number of aromatic hydroxyl groups is 1. The minimum Gasteiger partial charge on any atom is -0.507 e. The van der Waals surface area contributed by atoms with Gasteiger partial charge >= 0.3 is 0 Å². The van der Waals surface area contributed by atoms with Gasteiger partial charge in [0, 0.05) is 11.1 Å². The van der Waals surface area contributed by atoms with E-state index in [-0.39, 0.29) is 10.8 Å². The molecule has 2 rings (SSSR count). The monoisotopic (exact) mass is 342 g/mol. The summed E-state index contributed by atoms with van der Waals surface area (Å²) in [6.07, 6.45) is 0. The number of hydrogen-bond acceptors (Lipinski definition) is 3. The molecule has 0 heterocycles. The van der Waals surface area contributed by atoms with Crippen LogP contribution in [-0.4, -0.2) is 19.3 Å². The lowest BCUT2D eigenvalue weighted by molar-refractivity contribution is 0.406. The zero-order chi connectivity index (χ0) is 19.0. The smallest absolute Gasteiger partial charge is 0.127 e. The maximum Gasteiger partial charge on any atom is 0.127 e. The number of phenolic OH excluding ortho intramolecular Hbond substituents is 1. The summed E-state index contributed by atoms with van der Waals surface area (Å²) in [6, 6.07) is 9.90. The van der Waals surface area contributed by atoms with Crippen LogP contribution >= 0.6 is 0 Å². The Morgan fingerprint density at radius 1 is 0.720 bits per heavy atom. The lowest BCUT2D eigenvalue weighted by Gasteiger charge is -2.24. The minimum atomic E-state index is -0.195. The summed E-state index contributed by atoms with van der Waals surface area (Å²) < 4.78 is 11.0. The highest BCUT2D eigenvalue weighted by atomic mass is 16.5. The van der Waals surface area contributed by atoms with E-state index < -0.39 is 0 Å². The Morgan fingerprint density at radius 3 is 1.76 bits per heavy atom. The Balaban J connectivity index is 2.77. The normalized spacial score (nSPS) is 12.2. The number of ether oxygens (including phenoxy) is 2. The number of benzene rings is 2. The second kappa shape index (κ2) is 6.62. The molecule has 136 valence electrons. The van der Waals surface area contributed by atoms with Crippen molar-refractivity contribution in [3.8, 4) is 28.4 Å². The molecule has 2 aromatic carbocycles. The van der Waals surface area contributed by atoms with E-state index in [4.69, 9.17) is 9.47 Å². The molecule has 0 saturated carbocycles. The minimum absolute atomic E-state index is 0.0232. The zero-order valence-corrected chi connectivity index (χ0v) is 16.7. The lowest BCUT2D eigenvalue weighted by atomic mass is 9.82. The van der Waals surface area contributed by atoms with Gasteiger partial charge < -0.3 is 14.6 Å². The van der Waals surface area contributed by atoms with E-state index in [1.54, 1.807) is 14.2 Å². The van der Waals surface area contributed by atoms with Crippen LogP contribution in [0.25, 0.3) is 11.1 Å². The third-order valence-electron chi connectivity index (χ3n) is 4.45. The van der Waals surface area contributed by atoms with E-state index in [0.29, 0.717) is 5.75 Å². The van der Waals surface area contributed by atoms with Gasteiger partial charge in [-0.25, -0.2) is 0 Å². The van der Waals surface area contributed by atoms with Crippen molar-refractivity contribution in [3.05, 3.63) is 41.5 Å². The van der Waals surface area contributed by atoms with E-state index in [0.717, 1.165) is 33.8 Å². The van der Waals surface area contributed by atoms with Crippen LogP contribution in [-0.2, 0) is 10.8 Å². The van der Waals surface area contributed by atoms with Crippen molar-refractivity contribution in [1.29, 1.82) is 0 Å². The van der Waals surface area contributed by atoms with Crippen LogP contribution in [0.1, 0.15) is 52.7 Å². The molecule has 0 bridgehead atoms. The molecule has 3 heteroatoms. The molecule has 0 fully saturated rings. The summed E-state index contributed by atoms with van der Waals surface area (Å²) in [4.78, 5) is 0. The van der Waals surface area contributed by atoms with Crippen LogP contribution in [0.3, 0.4) is 0 Å². The van der Waals surface area contributed by atoms with E-state index in [2.05, 4.69) is 47.6 Å². The maximum atomic E-state index is 11.0. The standard InChI is InChI=1S/C22H30O3/c1-21(2,3)15-9-14(10-16(11-15)24-7)18-12-17(25-8)13-19(20(18)23)22(4,5)6/h9-13,23H,1-8H3. The molecule has 0 aliphatic heterocycles. The summed E-state index contributed by atoms with van der Waals surface area (Å²) in [5, 5.41) is 11.0. The second-order valence-electron chi connectivity index (χ2n) is 8.52. The molecule has 0 spiro atoms. The Kier molecular flexibility index (Phi) is 5.08. The van der Waals surface area contributed by atoms with E-state index in [1.807, 2.05) is 24.3 Å². The van der Waals surface area contributed by atoms with Crippen molar-refractivity contribution in [1.82, 2.24) is 0 Å². The molecule has 2 aromatic rings. The molecule has 0 unspecified atom stereocenters. The summed E-state index contributed by atoms with van der Waals surface area (Å²) in [5.74, 6) is 1.81. The van der Waals surface area contributed by atoms with Gasteiger partial charge in [0.25, 0.3) is 0 Å². The van der Waals surface area contributed by atoms with Gasteiger partial charge in [0.1, 0.15) is 17.2 Å². The zero-order valence-electron chi connectivity index (χ0n) is 16.7. The Hall–Kier alpha value is -2.16. The van der Waals surface area contributed by atoms with Crippen molar-refractivity contribution in [2.24, 2.45) is 0 Å². The Bertz CT molecular complexity index is 762. The first kappa shape index (κ1) is 19.2. The molecule has 25 heavy (non-hydrogen) atoms. The number of hydrogen-bond donors (Lipinski definition) is 1. The molecule has 0 atom stereocenters. The second-order valence-corrected chi connectivity index (χ2v) is 8.52. The van der Waals surface area contributed by atoms with Crippen molar-refractivity contribution in [3.63, 3.8) is 0 Å². The van der Waals surface area contributed by atoms with E-state index in [1.165, 1.54) is 0 Å². The van der Waals surface area contributed by atoms with Gasteiger partial charge in [-0.3, -0.25) is 0 Å². The van der Waals surface area contributed by atoms with Crippen LogP contribution in [0.2, 0.25) is 0 Å². The van der Waals surface area contributed by atoms with Gasteiger partial charge in [-0.05, 0) is 46.2 Å². The summed E-state index contributed by atoms with van der Waals surface area (Å²) in [6.45, 7) is 12.7. The third kappa shape index (κ3) is 4.09. The van der Waals surface area contributed by atoms with Crippen molar-refractivity contribution in [2.45, 2.75) is 52.4 Å². The van der Waals surface area contributed by atoms with Crippen LogP contribution < -0.4 is 9.47 Å². The Morgan fingerprint density at radius 2 is 1.28 bits per heavy atom. The lowest BCUT2D eigenvalue weighted by Crippen LogP contribution is -2.13. The molecular formula is C22H30O3. The van der Waals surface area contributed by atoms with E-state index >= 15 is 0 Å². The summed E-state index contributed by atoms with van der Waals surface area (Å²) >= 11 is 0. The average Bonchev–Trinajstić information content (AvgIpc) is 2.52. The first-order valence-electron chi connectivity index (χ1n) is 8.59. The van der Waals surface area contributed by atoms with Gasteiger partial charge in [-0.2, -0.15) is 0 Å². The topological polar surface area (TPSA) is 38.7 Å². The predicted molar refractivity (Wildman–Crippen MR) is 104 cm³/mol. The highest BCUT2D eigenvalue weighted by Crippen LogP contribution is 2.43. The fraction of sp³-hybridized carbons (Fsp3) is 0.455. The van der Waals surface area contributed by atoms with Gasteiger partial charge in [-0.1, -0.05) is 47.6 Å². The van der Waals surface area contributed by atoms with Crippen LogP contribution in [0.4, 0.5) is 0 Å². The fourth-order valence-corrected chi connectivity index (χ4v) is 2.82. The first-order valence-corrected chi connectivity index (χ1v) is 8.59. The molecule has 1 N–H and O–H groups in total. The van der Waals surface area contributed by atoms with Crippen molar-refractivity contribution < 1.29 is 14.6 Å². The van der Waals surface area contributed by atoms with Crippen molar-refractivity contribution >= 4 is 0 Å². The molecular weight excluding hydrogens is 312 g/mol. The average molecular weight is 342 g/mol. The third-order valence-corrected chi connectivity index (χ3v) is 4.45. The molecule has 0 aliphatic rings. The van der Waals surface area contributed by atoms with E-state index in [9.17, 15) is 5.11 Å². The molecule has 0 aliphatic carbocycles.